The van der Waals surface area contributed by atoms with E-state index in [0.717, 1.165) is 36.1 Å². The van der Waals surface area contributed by atoms with Crippen LogP contribution in [0.4, 0.5) is 0 Å². The Balaban J connectivity index is 1.67. The summed E-state index contributed by atoms with van der Waals surface area (Å²) in [4.78, 5) is 24.4. The second-order valence-corrected chi connectivity index (χ2v) is 19.8. The highest BCUT2D eigenvalue weighted by Gasteiger charge is 2.32. The Morgan fingerprint density at radius 2 is 1.12 bits per heavy atom. The number of methoxy groups -OCH3 is 2. The maximum absolute atomic E-state index is 12.2. The van der Waals surface area contributed by atoms with Crippen LogP contribution in [0.5, 0.6) is 23.0 Å². The molecule has 0 radical (unpaired) electrons. The van der Waals surface area contributed by atoms with Crippen LogP contribution in [0.15, 0.2) is 48.6 Å². The van der Waals surface area contributed by atoms with Crippen LogP contribution in [0, 0.1) is 0 Å². The molecule has 0 aliphatic rings. The molecule has 41 heavy (non-hydrogen) atoms. The lowest BCUT2D eigenvalue weighted by atomic mass is 10.2. The van der Waals surface area contributed by atoms with E-state index in [1.54, 1.807) is 36.4 Å². The van der Waals surface area contributed by atoms with Crippen molar-refractivity contribution in [3.63, 3.8) is 0 Å². The van der Waals surface area contributed by atoms with Gasteiger partial charge in [-0.25, -0.2) is 0 Å². The summed E-state index contributed by atoms with van der Waals surface area (Å²) in [6.45, 7) is 10.00. The first-order valence-corrected chi connectivity index (χ1v) is 19.9. The molecule has 9 nitrogen and oxygen atoms in total. The lowest BCUT2D eigenvalue weighted by molar-refractivity contribution is -0.117. The van der Waals surface area contributed by atoms with E-state index >= 15 is 0 Å². The number of hydrogen-bond acceptors (Lipinski definition) is 7. The number of aromatic hydroxyl groups is 2. The number of nitrogens with one attached hydrogen (secondary N) is 2. The molecule has 0 saturated heterocycles. The van der Waals surface area contributed by atoms with Crippen LogP contribution >= 0.6 is 0 Å². The Bertz CT molecular complexity index is 1140. The van der Waals surface area contributed by atoms with E-state index in [-0.39, 0.29) is 23.3 Å². The van der Waals surface area contributed by atoms with Gasteiger partial charge in [0.2, 0.25) is 11.8 Å². The number of rotatable bonds is 16. The molecular formula is C30H44N2O7Si2. The summed E-state index contributed by atoms with van der Waals surface area (Å²) in [5, 5.41) is 25.2. The van der Waals surface area contributed by atoms with E-state index in [2.05, 4.69) is 36.8 Å². The Kier molecular flexibility index (Phi) is 13.2. The molecule has 2 aromatic rings. The van der Waals surface area contributed by atoms with Gasteiger partial charge in [0.25, 0.3) is 0 Å². The van der Waals surface area contributed by atoms with Gasteiger partial charge >= 0.3 is 0 Å². The quantitative estimate of drug-likeness (QED) is 0.117. The van der Waals surface area contributed by atoms with Crippen molar-refractivity contribution in [3.8, 4) is 23.0 Å². The fourth-order valence-corrected chi connectivity index (χ4v) is 13.2. The molecule has 224 valence electrons. The summed E-state index contributed by atoms with van der Waals surface area (Å²) in [6.07, 6.45) is 7.98. The SMILES string of the molecule is COc1cc(/C=C/C(=O)NCCC[Si](C)(C)O[Si](C)(C)CCCNC(=O)/C=C/c2ccc(O)c(OC)c2)ccc1O. The van der Waals surface area contributed by atoms with Crippen LogP contribution in [0.3, 0.4) is 0 Å². The normalized spacial score (nSPS) is 12.0. The smallest absolute Gasteiger partial charge is 0.243 e. The zero-order valence-electron chi connectivity index (χ0n) is 25.0. The summed E-state index contributed by atoms with van der Waals surface area (Å²) in [5.74, 6) is 0.476. The van der Waals surface area contributed by atoms with Crippen LogP contribution in [-0.4, -0.2) is 66.0 Å². The first kappa shape index (κ1) is 33.7. The topological polar surface area (TPSA) is 126 Å². The minimum atomic E-state index is -1.91. The number of phenolic OH excluding ortho intramolecular Hbond substituents is 2. The molecule has 2 rings (SSSR count). The predicted octanol–water partition coefficient (Wildman–Crippen LogP) is 5.28. The van der Waals surface area contributed by atoms with E-state index in [9.17, 15) is 19.8 Å². The Hall–Kier alpha value is -3.55. The van der Waals surface area contributed by atoms with Crippen molar-refractivity contribution in [3.05, 3.63) is 59.7 Å². The molecule has 4 N–H and O–H groups in total. The van der Waals surface area contributed by atoms with E-state index in [1.807, 2.05) is 0 Å². The number of carbonyl (C=O) groups is 2. The van der Waals surface area contributed by atoms with Gasteiger partial charge in [-0.3, -0.25) is 9.59 Å². The van der Waals surface area contributed by atoms with Crippen molar-refractivity contribution in [2.45, 2.75) is 51.1 Å². The molecule has 2 aromatic carbocycles. The zero-order chi connectivity index (χ0) is 30.5. The maximum atomic E-state index is 12.2. The minimum Gasteiger partial charge on any atom is -0.504 e. The van der Waals surface area contributed by atoms with Gasteiger partial charge in [0, 0.05) is 25.2 Å². The van der Waals surface area contributed by atoms with Gasteiger partial charge in [-0.05, 0) is 98.7 Å². The number of amides is 2. The van der Waals surface area contributed by atoms with Gasteiger partial charge in [0.15, 0.2) is 39.6 Å². The zero-order valence-corrected chi connectivity index (χ0v) is 27.0. The second-order valence-electron chi connectivity index (χ2n) is 10.9. The molecule has 0 fully saturated rings. The van der Waals surface area contributed by atoms with Crippen molar-refractivity contribution in [1.29, 1.82) is 0 Å². The van der Waals surface area contributed by atoms with E-state index in [0.29, 0.717) is 24.6 Å². The predicted molar refractivity (Wildman–Crippen MR) is 168 cm³/mol. The number of ether oxygens (including phenoxy) is 2. The van der Waals surface area contributed by atoms with Crippen LogP contribution in [0.2, 0.25) is 38.3 Å². The first-order chi connectivity index (χ1) is 19.3. The Morgan fingerprint density at radius 1 is 0.732 bits per heavy atom. The minimum absolute atomic E-state index is 0.0543. The lowest BCUT2D eigenvalue weighted by Crippen LogP contribution is -2.44. The third-order valence-electron chi connectivity index (χ3n) is 6.32. The summed E-state index contributed by atoms with van der Waals surface area (Å²) in [6, 6.07) is 11.7. The highest BCUT2D eigenvalue weighted by molar-refractivity contribution is 6.84. The molecule has 11 heteroatoms. The van der Waals surface area contributed by atoms with Crippen molar-refractivity contribution < 1.29 is 33.4 Å². The molecule has 0 heterocycles. The third kappa shape index (κ3) is 12.7. The molecule has 0 aliphatic heterocycles. The van der Waals surface area contributed by atoms with Gasteiger partial charge in [0.1, 0.15) is 0 Å². The summed E-state index contributed by atoms with van der Waals surface area (Å²) in [5.41, 5.74) is 1.52. The summed E-state index contributed by atoms with van der Waals surface area (Å²) >= 11 is 0. The lowest BCUT2D eigenvalue weighted by Gasteiger charge is -2.34. The Morgan fingerprint density at radius 3 is 1.49 bits per heavy atom. The largest absolute Gasteiger partial charge is 0.504 e. The van der Waals surface area contributed by atoms with E-state index < -0.39 is 16.6 Å². The molecule has 2 amide bonds. The molecule has 0 spiro atoms. The van der Waals surface area contributed by atoms with Crippen LogP contribution < -0.4 is 20.1 Å². The standard InChI is InChI=1S/C30H44N2O7Si2/c1-37-27-21-23(9-13-25(27)33)11-15-29(35)31-17-7-19-40(3,4)39-41(5,6)20-8-18-32-30(36)16-12-24-10-14-26(34)28(22-24)38-2/h9-16,21-22,33-34H,7-8,17-20H2,1-6H3,(H,31,35)(H,32,36)/b15-11+,16-12+. The monoisotopic (exact) mass is 600 g/mol. The van der Waals surface area contributed by atoms with Crippen molar-refractivity contribution in [2.75, 3.05) is 27.3 Å². The third-order valence-corrected chi connectivity index (χ3v) is 13.9. The molecule has 0 aliphatic carbocycles. The number of hydrogen-bond donors (Lipinski definition) is 4. The van der Waals surface area contributed by atoms with Crippen molar-refractivity contribution in [1.82, 2.24) is 10.6 Å². The number of benzene rings is 2. The molecule has 0 saturated carbocycles. The molecule has 0 atom stereocenters. The summed E-state index contributed by atoms with van der Waals surface area (Å²) < 4.78 is 16.9. The maximum Gasteiger partial charge on any atom is 0.243 e. The van der Waals surface area contributed by atoms with Gasteiger partial charge in [-0.15, -0.1) is 0 Å². The van der Waals surface area contributed by atoms with Crippen LogP contribution in [-0.2, 0) is 13.7 Å². The first-order valence-electron chi connectivity index (χ1n) is 13.7. The van der Waals surface area contributed by atoms with Gasteiger partial charge in [-0.1, -0.05) is 12.1 Å². The van der Waals surface area contributed by atoms with Crippen molar-refractivity contribution >= 4 is 40.6 Å². The highest BCUT2D eigenvalue weighted by atomic mass is 28.4. The van der Waals surface area contributed by atoms with Gasteiger partial charge in [0.05, 0.1) is 14.2 Å². The van der Waals surface area contributed by atoms with E-state index in [1.165, 1.54) is 38.5 Å². The van der Waals surface area contributed by atoms with Crippen molar-refractivity contribution in [2.24, 2.45) is 0 Å². The average Bonchev–Trinajstić information content (AvgIpc) is 2.92. The number of carbonyl (C=O) groups excluding carboxylic acids is 2. The van der Waals surface area contributed by atoms with E-state index in [4.69, 9.17) is 13.6 Å². The molecule has 0 bridgehead atoms. The fraction of sp³-hybridized carbons (Fsp3) is 0.400. The fourth-order valence-electron chi connectivity index (χ4n) is 4.36. The van der Waals surface area contributed by atoms with Crippen LogP contribution in [0.1, 0.15) is 24.0 Å². The average molecular weight is 601 g/mol. The Labute approximate surface area is 245 Å². The number of phenols is 2. The van der Waals surface area contributed by atoms with Crippen LogP contribution in [0.25, 0.3) is 12.2 Å². The molecule has 0 aromatic heterocycles. The molecule has 0 unspecified atom stereocenters. The second kappa shape index (κ2) is 16.0. The van der Waals surface area contributed by atoms with Gasteiger partial charge < -0.3 is 34.4 Å². The highest BCUT2D eigenvalue weighted by Crippen LogP contribution is 2.28. The summed E-state index contributed by atoms with van der Waals surface area (Å²) in [7, 11) is -0.869. The molecular weight excluding hydrogens is 557 g/mol. The van der Waals surface area contributed by atoms with Gasteiger partial charge in [-0.2, -0.15) is 0 Å².